The first-order valence-corrected chi connectivity index (χ1v) is 12.2. The molecule has 3 aliphatic heterocycles. The smallest absolute Gasteiger partial charge is 0.310 e. The molecule has 0 radical (unpaired) electrons. The van der Waals surface area contributed by atoms with Crippen LogP contribution in [-0.2, 0) is 25.7 Å². The van der Waals surface area contributed by atoms with Gasteiger partial charge in [0, 0.05) is 31.1 Å². The molecule has 0 aliphatic carbocycles. The van der Waals surface area contributed by atoms with Gasteiger partial charge in [-0.25, -0.2) is 0 Å². The maximum Gasteiger partial charge on any atom is 0.310 e. The van der Waals surface area contributed by atoms with Crippen molar-refractivity contribution >= 4 is 33.7 Å². The Bertz CT molecular complexity index is 927. The Labute approximate surface area is 201 Å². The number of carboxylic acid groups (broad SMARTS) is 1. The molecule has 0 saturated carbocycles. The van der Waals surface area contributed by atoms with Crippen LogP contribution < -0.4 is 0 Å². The highest BCUT2D eigenvalue weighted by Crippen LogP contribution is 2.60. The highest BCUT2D eigenvalue weighted by atomic mass is 79.9. The van der Waals surface area contributed by atoms with Crippen molar-refractivity contribution in [1.29, 1.82) is 0 Å². The van der Waals surface area contributed by atoms with E-state index in [1.54, 1.807) is 11.0 Å². The topological polar surface area (TPSA) is 107 Å². The largest absolute Gasteiger partial charge is 0.481 e. The highest BCUT2D eigenvalue weighted by molar-refractivity contribution is 9.09. The van der Waals surface area contributed by atoms with Crippen molar-refractivity contribution in [2.75, 3.05) is 19.7 Å². The normalized spacial score (nSPS) is 32.1. The minimum atomic E-state index is -1.19. The summed E-state index contributed by atoms with van der Waals surface area (Å²) in [4.78, 5) is 42.6. The van der Waals surface area contributed by atoms with Crippen LogP contribution in [0.5, 0.6) is 0 Å². The van der Waals surface area contributed by atoms with Crippen LogP contribution in [0.2, 0.25) is 0 Å². The van der Waals surface area contributed by atoms with E-state index in [9.17, 15) is 24.6 Å². The number of carbonyl (C=O) groups excluding carboxylic acids is 2. The van der Waals surface area contributed by atoms with Crippen molar-refractivity contribution in [3.8, 4) is 0 Å². The van der Waals surface area contributed by atoms with E-state index >= 15 is 0 Å². The van der Waals surface area contributed by atoms with Gasteiger partial charge in [0.15, 0.2) is 0 Å². The Morgan fingerprint density at radius 1 is 1.30 bits per heavy atom. The fourth-order valence-electron chi connectivity index (χ4n) is 5.69. The molecule has 3 heterocycles. The molecule has 0 aromatic heterocycles. The van der Waals surface area contributed by atoms with Crippen LogP contribution in [0.4, 0.5) is 0 Å². The van der Waals surface area contributed by atoms with E-state index in [0.29, 0.717) is 25.8 Å². The number of hydrogen-bond donors (Lipinski definition) is 2. The third-order valence-electron chi connectivity index (χ3n) is 6.99. The lowest BCUT2D eigenvalue weighted by Crippen LogP contribution is -2.56. The minimum absolute atomic E-state index is 0.0222. The quantitative estimate of drug-likeness (QED) is 0.276. The van der Waals surface area contributed by atoms with Gasteiger partial charge < -0.3 is 24.7 Å². The van der Waals surface area contributed by atoms with Gasteiger partial charge in [-0.05, 0) is 24.8 Å². The molecule has 33 heavy (non-hydrogen) atoms. The Hall–Kier alpha value is -2.23. The summed E-state index contributed by atoms with van der Waals surface area (Å²) in [7, 11) is 0. The van der Waals surface area contributed by atoms with Gasteiger partial charge in [-0.2, -0.15) is 0 Å². The molecular weight excluding hydrogens is 492 g/mol. The molecule has 2 N–H and O–H groups in total. The van der Waals surface area contributed by atoms with Crippen molar-refractivity contribution in [1.82, 2.24) is 9.80 Å². The zero-order valence-electron chi connectivity index (χ0n) is 18.3. The number of rotatable bonds is 10. The average Bonchev–Trinajstić information content (AvgIpc) is 3.38. The second kappa shape index (κ2) is 9.56. The summed E-state index contributed by atoms with van der Waals surface area (Å²) in [5.74, 6) is -3.61. The van der Waals surface area contributed by atoms with Crippen LogP contribution in [0.25, 0.3) is 0 Å². The summed E-state index contributed by atoms with van der Waals surface area (Å²) < 4.78 is 6.28. The summed E-state index contributed by atoms with van der Waals surface area (Å²) in [6.45, 7) is 4.65. The molecule has 1 spiro atoms. The lowest BCUT2D eigenvalue weighted by atomic mass is 9.70. The van der Waals surface area contributed by atoms with E-state index in [0.717, 1.165) is 5.56 Å². The SMILES string of the molecule is C=CCN(Cc1ccccc1)C(=O)[C@H]1N(CCCCO)C(=O)[C@@H]2[C@@H](C(=O)O)[C@@H]3O[C@@]21CC3Br. The molecule has 2 amide bonds. The first-order valence-electron chi connectivity index (χ1n) is 11.3. The van der Waals surface area contributed by atoms with Gasteiger partial charge in [-0.1, -0.05) is 52.3 Å². The summed E-state index contributed by atoms with van der Waals surface area (Å²) >= 11 is 3.54. The van der Waals surface area contributed by atoms with Crippen molar-refractivity contribution in [3.05, 3.63) is 48.6 Å². The third-order valence-corrected chi connectivity index (χ3v) is 7.84. The van der Waals surface area contributed by atoms with Crippen molar-refractivity contribution < 1.29 is 29.3 Å². The number of carboxylic acids is 1. The number of aliphatic hydroxyl groups excluding tert-OH is 1. The molecule has 9 heteroatoms. The van der Waals surface area contributed by atoms with Gasteiger partial charge in [-0.15, -0.1) is 6.58 Å². The van der Waals surface area contributed by atoms with Crippen molar-refractivity contribution in [2.24, 2.45) is 11.8 Å². The Morgan fingerprint density at radius 3 is 2.67 bits per heavy atom. The standard InChI is InChI=1S/C24H29BrN2O6/c1-2-10-26(14-15-8-4-3-5-9-15)22(30)20-24-13-16(25)19(33-24)17(23(31)32)18(24)21(29)27(20)11-6-7-12-28/h2-5,8-9,16-20,28H,1,6-7,10-14H2,(H,31,32)/t16?,17-,18+,19-,20-,24+/m1/s1. The summed E-state index contributed by atoms with van der Waals surface area (Å²) in [6, 6.07) is 8.63. The molecule has 3 fully saturated rings. The monoisotopic (exact) mass is 520 g/mol. The van der Waals surface area contributed by atoms with Crippen LogP contribution in [-0.4, -0.2) is 80.1 Å². The van der Waals surface area contributed by atoms with Gasteiger partial charge >= 0.3 is 5.97 Å². The molecular formula is C24H29BrN2O6. The highest BCUT2D eigenvalue weighted by Gasteiger charge is 2.76. The van der Waals surface area contributed by atoms with Crippen LogP contribution >= 0.6 is 15.9 Å². The fourth-order valence-corrected chi connectivity index (χ4v) is 6.63. The van der Waals surface area contributed by atoms with E-state index in [-0.39, 0.29) is 36.3 Å². The molecule has 3 aliphatic rings. The first kappa shape index (κ1) is 23.9. The van der Waals surface area contributed by atoms with Crippen molar-refractivity contribution in [2.45, 2.75) is 48.4 Å². The molecule has 1 unspecified atom stereocenters. The van der Waals surface area contributed by atoms with Crippen LogP contribution in [0.3, 0.4) is 0 Å². The molecule has 3 saturated heterocycles. The second-order valence-electron chi connectivity index (χ2n) is 8.96. The maximum absolute atomic E-state index is 14.0. The van der Waals surface area contributed by atoms with Crippen molar-refractivity contribution in [3.63, 3.8) is 0 Å². The van der Waals surface area contributed by atoms with Gasteiger partial charge in [0.25, 0.3) is 0 Å². The molecule has 178 valence electrons. The number of nitrogens with zero attached hydrogens (tertiary/aromatic N) is 2. The maximum atomic E-state index is 14.0. The third kappa shape index (κ3) is 4.00. The number of alkyl halides is 1. The van der Waals surface area contributed by atoms with Crippen LogP contribution in [0.15, 0.2) is 43.0 Å². The lowest BCUT2D eigenvalue weighted by molar-refractivity contribution is -0.151. The van der Waals surface area contributed by atoms with E-state index in [1.807, 2.05) is 30.3 Å². The number of carbonyl (C=O) groups is 3. The Morgan fingerprint density at radius 2 is 2.03 bits per heavy atom. The molecule has 6 atom stereocenters. The van der Waals surface area contributed by atoms with E-state index in [1.165, 1.54) is 4.90 Å². The lowest BCUT2D eigenvalue weighted by Gasteiger charge is -2.37. The number of fused-ring (bicyclic) bond motifs is 1. The van der Waals surface area contributed by atoms with Gasteiger partial charge in [0.1, 0.15) is 11.6 Å². The summed E-state index contributed by atoms with van der Waals surface area (Å²) in [6.07, 6.45) is 2.36. The number of unbranched alkanes of at least 4 members (excludes halogenated alkanes) is 1. The van der Waals surface area contributed by atoms with E-state index < -0.39 is 35.6 Å². The molecule has 4 rings (SSSR count). The predicted molar refractivity (Wildman–Crippen MR) is 123 cm³/mol. The molecule has 1 aromatic rings. The molecule has 1 aromatic carbocycles. The summed E-state index contributed by atoms with van der Waals surface area (Å²) in [5, 5.41) is 19.1. The predicted octanol–water partition coefficient (Wildman–Crippen LogP) is 1.81. The van der Waals surface area contributed by atoms with Gasteiger partial charge in [0.05, 0.1) is 17.9 Å². The number of amides is 2. The number of likely N-dealkylation sites (tertiary alicyclic amines) is 1. The average molecular weight is 521 g/mol. The van der Waals surface area contributed by atoms with E-state index in [4.69, 9.17) is 4.74 Å². The number of hydrogen-bond acceptors (Lipinski definition) is 5. The fraction of sp³-hybridized carbons (Fsp3) is 0.542. The minimum Gasteiger partial charge on any atom is -0.481 e. The first-order chi connectivity index (χ1) is 15.9. The van der Waals surface area contributed by atoms with Gasteiger partial charge in [-0.3, -0.25) is 14.4 Å². The summed E-state index contributed by atoms with van der Waals surface area (Å²) in [5.41, 5.74) is -0.248. The molecule has 8 nitrogen and oxygen atoms in total. The van der Waals surface area contributed by atoms with Crippen LogP contribution in [0.1, 0.15) is 24.8 Å². The number of ether oxygens (including phenoxy) is 1. The van der Waals surface area contributed by atoms with E-state index in [2.05, 4.69) is 22.5 Å². The number of benzene rings is 1. The Balaban J connectivity index is 1.71. The number of aliphatic carboxylic acids is 1. The second-order valence-corrected chi connectivity index (χ2v) is 10.1. The van der Waals surface area contributed by atoms with Gasteiger partial charge in [0.2, 0.25) is 11.8 Å². The zero-order chi connectivity index (χ0) is 23.8. The Kier molecular flexibility index (Phi) is 6.93. The van der Waals surface area contributed by atoms with Crippen LogP contribution in [0, 0.1) is 11.8 Å². The number of aliphatic hydroxyl groups is 1. The number of halogens is 1. The molecule has 2 bridgehead atoms. The zero-order valence-corrected chi connectivity index (χ0v) is 19.9.